The van der Waals surface area contributed by atoms with Gasteiger partial charge in [-0.05, 0) is 41.5 Å². The number of ether oxygens (including phenoxy) is 1. The minimum absolute atomic E-state index is 0.208. The summed E-state index contributed by atoms with van der Waals surface area (Å²) in [5, 5.41) is 11.7. The highest BCUT2D eigenvalue weighted by Gasteiger charge is 2.33. The molecule has 7 heteroatoms. The molecule has 19 heavy (non-hydrogen) atoms. The van der Waals surface area contributed by atoms with Gasteiger partial charge in [0.2, 0.25) is 0 Å². The quantitative estimate of drug-likeness (QED) is 0.847. The molecule has 3 rings (SSSR count). The molecule has 0 bridgehead atoms. The lowest BCUT2D eigenvalue weighted by Gasteiger charge is -2.34. The van der Waals surface area contributed by atoms with E-state index >= 15 is 0 Å². The number of hydrogen-bond acceptors (Lipinski definition) is 5. The standard InChI is InChI=1S/C12H14FN5O/c1-19-9-5-8(6-9)18-12(15-16-17-18)10-3-2-7(13)4-11(10)14/h2-4,8-9H,5-6,14H2,1H3. The van der Waals surface area contributed by atoms with E-state index in [0.717, 1.165) is 12.8 Å². The Labute approximate surface area is 109 Å². The number of benzene rings is 1. The van der Waals surface area contributed by atoms with Gasteiger partial charge < -0.3 is 10.5 Å². The second-order valence-electron chi connectivity index (χ2n) is 4.66. The van der Waals surface area contributed by atoms with Gasteiger partial charge in [0, 0.05) is 18.4 Å². The molecule has 0 radical (unpaired) electrons. The van der Waals surface area contributed by atoms with E-state index in [9.17, 15) is 4.39 Å². The largest absolute Gasteiger partial charge is 0.398 e. The first-order valence-corrected chi connectivity index (χ1v) is 6.05. The lowest BCUT2D eigenvalue weighted by molar-refractivity contribution is 0.00248. The van der Waals surface area contributed by atoms with Gasteiger partial charge in [-0.1, -0.05) is 0 Å². The van der Waals surface area contributed by atoms with Gasteiger partial charge in [0.05, 0.1) is 12.1 Å². The van der Waals surface area contributed by atoms with Crippen molar-refractivity contribution < 1.29 is 9.13 Å². The lowest BCUT2D eigenvalue weighted by atomic mass is 9.89. The fourth-order valence-electron chi connectivity index (χ4n) is 2.28. The molecule has 0 unspecified atom stereocenters. The zero-order valence-electron chi connectivity index (χ0n) is 10.5. The number of hydrogen-bond donors (Lipinski definition) is 1. The van der Waals surface area contributed by atoms with Crippen LogP contribution < -0.4 is 5.73 Å². The molecule has 1 fully saturated rings. The Morgan fingerprint density at radius 3 is 2.89 bits per heavy atom. The van der Waals surface area contributed by atoms with Crippen LogP contribution >= 0.6 is 0 Å². The van der Waals surface area contributed by atoms with E-state index in [1.165, 1.54) is 12.1 Å². The average molecular weight is 263 g/mol. The fourth-order valence-corrected chi connectivity index (χ4v) is 2.28. The number of methoxy groups -OCH3 is 1. The maximum atomic E-state index is 13.1. The molecule has 6 nitrogen and oxygen atoms in total. The van der Waals surface area contributed by atoms with Crippen molar-refractivity contribution in [1.29, 1.82) is 0 Å². The van der Waals surface area contributed by atoms with E-state index in [1.54, 1.807) is 17.9 Å². The third kappa shape index (κ3) is 2.06. The normalized spacial score (nSPS) is 22.2. The average Bonchev–Trinajstić information content (AvgIpc) is 2.76. The highest BCUT2D eigenvalue weighted by molar-refractivity contribution is 5.71. The number of halogens is 1. The van der Waals surface area contributed by atoms with Gasteiger partial charge in [0.1, 0.15) is 5.82 Å². The summed E-state index contributed by atoms with van der Waals surface area (Å²) in [4.78, 5) is 0. The van der Waals surface area contributed by atoms with Crippen LogP contribution in [-0.4, -0.2) is 33.4 Å². The minimum atomic E-state index is -0.372. The zero-order valence-corrected chi connectivity index (χ0v) is 10.5. The Morgan fingerprint density at radius 1 is 1.42 bits per heavy atom. The van der Waals surface area contributed by atoms with E-state index in [4.69, 9.17) is 10.5 Å². The number of tetrazole rings is 1. The molecule has 0 amide bonds. The van der Waals surface area contributed by atoms with Crippen LogP contribution in [0.2, 0.25) is 0 Å². The Hall–Kier alpha value is -2.02. The molecule has 1 aromatic heterocycles. The molecule has 1 saturated carbocycles. The highest BCUT2D eigenvalue weighted by Crippen LogP contribution is 2.36. The molecule has 1 aliphatic rings. The van der Waals surface area contributed by atoms with Crippen molar-refractivity contribution in [2.75, 3.05) is 12.8 Å². The summed E-state index contributed by atoms with van der Waals surface area (Å²) in [6.45, 7) is 0. The second-order valence-corrected chi connectivity index (χ2v) is 4.66. The maximum Gasteiger partial charge on any atom is 0.184 e. The molecular formula is C12H14FN5O. The summed E-state index contributed by atoms with van der Waals surface area (Å²) in [5.41, 5.74) is 6.80. The second kappa shape index (κ2) is 4.58. The van der Waals surface area contributed by atoms with Crippen LogP contribution in [0.5, 0.6) is 0 Å². The first-order chi connectivity index (χ1) is 9.19. The maximum absolute atomic E-state index is 13.1. The van der Waals surface area contributed by atoms with Crippen LogP contribution in [0.1, 0.15) is 18.9 Å². The highest BCUT2D eigenvalue weighted by atomic mass is 19.1. The van der Waals surface area contributed by atoms with Crippen LogP contribution in [0.25, 0.3) is 11.4 Å². The molecule has 0 spiro atoms. The van der Waals surface area contributed by atoms with Crippen LogP contribution in [-0.2, 0) is 4.74 Å². The van der Waals surface area contributed by atoms with Crippen LogP contribution in [0.15, 0.2) is 18.2 Å². The number of rotatable bonds is 3. The third-order valence-electron chi connectivity index (χ3n) is 3.50. The molecule has 2 aromatic rings. The number of nitrogens with zero attached hydrogens (tertiary/aromatic N) is 4. The van der Waals surface area contributed by atoms with Gasteiger partial charge in [-0.25, -0.2) is 9.07 Å². The summed E-state index contributed by atoms with van der Waals surface area (Å²) in [6, 6.07) is 4.43. The number of anilines is 1. The van der Waals surface area contributed by atoms with Crippen molar-refractivity contribution in [1.82, 2.24) is 20.2 Å². The lowest BCUT2D eigenvalue weighted by Crippen LogP contribution is -2.33. The van der Waals surface area contributed by atoms with E-state index in [1.807, 2.05) is 0 Å². The molecule has 1 heterocycles. The molecule has 1 aromatic carbocycles. The minimum Gasteiger partial charge on any atom is -0.398 e. The summed E-state index contributed by atoms with van der Waals surface area (Å²) in [7, 11) is 1.69. The van der Waals surface area contributed by atoms with Crippen LogP contribution in [0, 0.1) is 5.82 Å². The monoisotopic (exact) mass is 263 g/mol. The number of aromatic nitrogens is 4. The van der Waals surface area contributed by atoms with Crippen LogP contribution in [0.3, 0.4) is 0 Å². The molecular weight excluding hydrogens is 249 g/mol. The van der Waals surface area contributed by atoms with E-state index in [2.05, 4.69) is 15.5 Å². The van der Waals surface area contributed by atoms with Gasteiger partial charge in [0.25, 0.3) is 0 Å². The summed E-state index contributed by atoms with van der Waals surface area (Å²) in [6.07, 6.45) is 2.00. The Kier molecular flexibility index (Phi) is 2.90. The third-order valence-corrected chi connectivity index (χ3v) is 3.50. The first kappa shape index (κ1) is 12.0. The summed E-state index contributed by atoms with van der Waals surface area (Å²) < 4.78 is 20.0. The molecule has 1 aliphatic carbocycles. The predicted molar refractivity (Wildman–Crippen MR) is 66.7 cm³/mol. The van der Waals surface area contributed by atoms with Gasteiger partial charge in [0.15, 0.2) is 5.82 Å². The Balaban J connectivity index is 1.92. The van der Waals surface area contributed by atoms with E-state index < -0.39 is 0 Å². The molecule has 0 atom stereocenters. The number of nitrogen functional groups attached to an aromatic ring is 1. The topological polar surface area (TPSA) is 78.8 Å². The van der Waals surface area contributed by atoms with Crippen molar-refractivity contribution in [2.45, 2.75) is 25.0 Å². The zero-order chi connectivity index (χ0) is 13.4. The summed E-state index contributed by atoms with van der Waals surface area (Å²) in [5.74, 6) is 0.195. The van der Waals surface area contributed by atoms with E-state index in [0.29, 0.717) is 17.1 Å². The van der Waals surface area contributed by atoms with Crippen molar-refractivity contribution in [3.63, 3.8) is 0 Å². The van der Waals surface area contributed by atoms with Crippen molar-refractivity contribution >= 4 is 5.69 Å². The predicted octanol–water partition coefficient (Wildman–Crippen LogP) is 1.41. The van der Waals surface area contributed by atoms with Gasteiger partial charge >= 0.3 is 0 Å². The fraction of sp³-hybridized carbons (Fsp3) is 0.417. The molecule has 100 valence electrons. The molecule has 0 saturated heterocycles. The van der Waals surface area contributed by atoms with Gasteiger partial charge in [-0.3, -0.25) is 0 Å². The molecule has 0 aliphatic heterocycles. The summed E-state index contributed by atoms with van der Waals surface area (Å²) >= 11 is 0. The smallest absolute Gasteiger partial charge is 0.184 e. The SMILES string of the molecule is COC1CC(n2nnnc2-c2ccc(F)cc2N)C1. The van der Waals surface area contributed by atoms with Gasteiger partial charge in [-0.2, -0.15) is 0 Å². The Morgan fingerprint density at radius 2 is 2.21 bits per heavy atom. The van der Waals surface area contributed by atoms with Crippen LogP contribution in [0.4, 0.5) is 10.1 Å². The van der Waals surface area contributed by atoms with Crippen molar-refractivity contribution in [3.05, 3.63) is 24.0 Å². The first-order valence-electron chi connectivity index (χ1n) is 6.05. The number of nitrogens with two attached hydrogens (primary N) is 1. The van der Waals surface area contributed by atoms with Gasteiger partial charge in [-0.15, -0.1) is 5.10 Å². The van der Waals surface area contributed by atoms with E-state index in [-0.39, 0.29) is 18.0 Å². The Bertz CT molecular complexity index is 594. The van der Waals surface area contributed by atoms with Crippen molar-refractivity contribution in [2.24, 2.45) is 0 Å². The molecule has 2 N–H and O–H groups in total. The van der Waals surface area contributed by atoms with Crippen molar-refractivity contribution in [3.8, 4) is 11.4 Å².